The molecule has 1 saturated heterocycles. The Morgan fingerprint density at radius 3 is 2.79 bits per heavy atom. The van der Waals surface area contributed by atoms with Crippen molar-refractivity contribution in [1.82, 2.24) is 0 Å². The van der Waals surface area contributed by atoms with Crippen molar-refractivity contribution in [2.45, 2.75) is 19.1 Å². The molecule has 1 amide bonds. The SMILES string of the molecule is O=C1CCC(O)N1c1cccc(O)c1. The predicted molar refractivity (Wildman–Crippen MR) is 50.8 cm³/mol. The second kappa shape index (κ2) is 3.31. The lowest BCUT2D eigenvalue weighted by Crippen LogP contribution is -2.32. The molecule has 0 saturated carbocycles. The van der Waals surface area contributed by atoms with E-state index < -0.39 is 6.23 Å². The van der Waals surface area contributed by atoms with Crippen LogP contribution in [0, 0.1) is 0 Å². The van der Waals surface area contributed by atoms with E-state index in [4.69, 9.17) is 0 Å². The number of carbonyl (C=O) groups is 1. The number of hydrogen-bond acceptors (Lipinski definition) is 3. The zero-order valence-electron chi connectivity index (χ0n) is 7.55. The first-order chi connectivity index (χ1) is 6.68. The van der Waals surface area contributed by atoms with Crippen LogP contribution in [0.2, 0.25) is 0 Å². The lowest BCUT2D eigenvalue weighted by molar-refractivity contribution is -0.117. The number of phenols is 1. The number of rotatable bonds is 1. The Morgan fingerprint density at radius 1 is 1.43 bits per heavy atom. The first-order valence-corrected chi connectivity index (χ1v) is 4.47. The van der Waals surface area contributed by atoms with Gasteiger partial charge in [-0.2, -0.15) is 0 Å². The quantitative estimate of drug-likeness (QED) is 0.694. The van der Waals surface area contributed by atoms with E-state index >= 15 is 0 Å². The predicted octanol–water partition coefficient (Wildman–Crippen LogP) is 0.837. The Morgan fingerprint density at radius 2 is 2.21 bits per heavy atom. The molecule has 1 unspecified atom stereocenters. The van der Waals surface area contributed by atoms with E-state index in [0.29, 0.717) is 18.5 Å². The summed E-state index contributed by atoms with van der Waals surface area (Å²) >= 11 is 0. The number of aliphatic hydroxyl groups is 1. The van der Waals surface area contributed by atoms with Crippen LogP contribution >= 0.6 is 0 Å². The van der Waals surface area contributed by atoms with E-state index in [1.54, 1.807) is 12.1 Å². The molecule has 4 nitrogen and oxygen atoms in total. The minimum Gasteiger partial charge on any atom is -0.508 e. The molecule has 2 N–H and O–H groups in total. The second-order valence-electron chi connectivity index (χ2n) is 3.30. The summed E-state index contributed by atoms with van der Waals surface area (Å²) in [5.41, 5.74) is 0.542. The van der Waals surface area contributed by atoms with Crippen molar-refractivity contribution in [3.63, 3.8) is 0 Å². The summed E-state index contributed by atoms with van der Waals surface area (Å²) in [5, 5.41) is 18.8. The van der Waals surface area contributed by atoms with E-state index in [0.717, 1.165) is 0 Å². The summed E-state index contributed by atoms with van der Waals surface area (Å²) in [6.45, 7) is 0. The standard InChI is InChI=1S/C10H11NO3/c12-8-3-1-2-7(6-8)11-9(13)4-5-10(11)14/h1-3,6,9,12-13H,4-5H2. The molecule has 1 aromatic carbocycles. The molecular weight excluding hydrogens is 182 g/mol. The molecule has 0 spiro atoms. The highest BCUT2D eigenvalue weighted by Crippen LogP contribution is 2.27. The number of amides is 1. The Balaban J connectivity index is 2.34. The van der Waals surface area contributed by atoms with E-state index in [2.05, 4.69) is 0 Å². The average Bonchev–Trinajstić information content (AvgIpc) is 2.46. The highest BCUT2D eigenvalue weighted by atomic mass is 16.3. The van der Waals surface area contributed by atoms with Gasteiger partial charge in [0, 0.05) is 24.6 Å². The number of aliphatic hydroxyl groups excluding tert-OH is 1. The van der Waals surface area contributed by atoms with Crippen LogP contribution in [0.5, 0.6) is 5.75 Å². The third-order valence-corrected chi connectivity index (χ3v) is 2.29. The molecule has 1 aliphatic heterocycles. The van der Waals surface area contributed by atoms with Crippen LogP contribution in [0.1, 0.15) is 12.8 Å². The molecule has 74 valence electrons. The number of nitrogens with zero attached hydrogens (tertiary/aromatic N) is 1. The van der Waals surface area contributed by atoms with Gasteiger partial charge >= 0.3 is 0 Å². The lowest BCUT2D eigenvalue weighted by Gasteiger charge is -2.20. The van der Waals surface area contributed by atoms with Gasteiger partial charge in [0.2, 0.25) is 5.91 Å². The maximum atomic E-state index is 11.4. The molecule has 0 aromatic heterocycles. The van der Waals surface area contributed by atoms with E-state index in [1.165, 1.54) is 17.0 Å². The molecule has 0 radical (unpaired) electrons. The van der Waals surface area contributed by atoms with Crippen LogP contribution in [-0.4, -0.2) is 22.3 Å². The molecule has 1 aromatic rings. The fourth-order valence-corrected chi connectivity index (χ4v) is 1.63. The zero-order chi connectivity index (χ0) is 10.1. The summed E-state index contributed by atoms with van der Waals surface area (Å²) in [6, 6.07) is 6.32. The molecule has 1 atom stereocenters. The largest absolute Gasteiger partial charge is 0.508 e. The molecule has 1 heterocycles. The van der Waals surface area contributed by atoms with Crippen LogP contribution in [0.3, 0.4) is 0 Å². The van der Waals surface area contributed by atoms with Gasteiger partial charge in [-0.25, -0.2) is 0 Å². The third-order valence-electron chi connectivity index (χ3n) is 2.29. The number of anilines is 1. The first kappa shape index (κ1) is 9.02. The van der Waals surface area contributed by atoms with Crippen LogP contribution in [0.15, 0.2) is 24.3 Å². The third kappa shape index (κ3) is 1.44. The summed E-state index contributed by atoms with van der Waals surface area (Å²) in [7, 11) is 0. The topological polar surface area (TPSA) is 60.8 Å². The number of benzene rings is 1. The Labute approximate surface area is 81.4 Å². The summed E-state index contributed by atoms with van der Waals surface area (Å²) in [4.78, 5) is 12.7. The molecule has 1 aliphatic rings. The van der Waals surface area contributed by atoms with Crippen LogP contribution < -0.4 is 4.90 Å². The van der Waals surface area contributed by atoms with Crippen molar-refractivity contribution in [2.75, 3.05) is 4.90 Å². The van der Waals surface area contributed by atoms with Gasteiger partial charge in [-0.3, -0.25) is 9.69 Å². The van der Waals surface area contributed by atoms with Gasteiger partial charge in [-0.1, -0.05) is 6.07 Å². The van der Waals surface area contributed by atoms with E-state index in [9.17, 15) is 15.0 Å². The van der Waals surface area contributed by atoms with Crippen molar-refractivity contribution in [2.24, 2.45) is 0 Å². The maximum absolute atomic E-state index is 11.4. The number of carbonyl (C=O) groups excluding carboxylic acids is 1. The minimum atomic E-state index is -0.760. The highest BCUT2D eigenvalue weighted by molar-refractivity contribution is 5.95. The maximum Gasteiger partial charge on any atom is 0.229 e. The summed E-state index contributed by atoms with van der Waals surface area (Å²) in [5.74, 6) is -0.0162. The van der Waals surface area contributed by atoms with Crippen molar-refractivity contribution in [3.05, 3.63) is 24.3 Å². The van der Waals surface area contributed by atoms with Gasteiger partial charge in [0.15, 0.2) is 0 Å². The van der Waals surface area contributed by atoms with Crippen LogP contribution in [0.25, 0.3) is 0 Å². The van der Waals surface area contributed by atoms with Crippen LogP contribution in [-0.2, 0) is 4.79 Å². The monoisotopic (exact) mass is 193 g/mol. The lowest BCUT2D eigenvalue weighted by atomic mass is 10.3. The Bertz CT molecular complexity index is 364. The molecule has 4 heteroatoms. The van der Waals surface area contributed by atoms with Gasteiger partial charge < -0.3 is 10.2 Å². The first-order valence-electron chi connectivity index (χ1n) is 4.47. The van der Waals surface area contributed by atoms with E-state index in [-0.39, 0.29) is 11.7 Å². The molecule has 1 fully saturated rings. The number of hydrogen-bond donors (Lipinski definition) is 2. The summed E-state index contributed by atoms with van der Waals surface area (Å²) < 4.78 is 0. The van der Waals surface area contributed by atoms with E-state index in [1.807, 2.05) is 0 Å². The fraction of sp³-hybridized carbons (Fsp3) is 0.300. The van der Waals surface area contributed by atoms with Gasteiger partial charge in [-0.05, 0) is 12.1 Å². The van der Waals surface area contributed by atoms with Crippen LogP contribution in [0.4, 0.5) is 5.69 Å². The van der Waals surface area contributed by atoms with Crippen molar-refractivity contribution in [1.29, 1.82) is 0 Å². The number of aromatic hydroxyl groups is 1. The summed E-state index contributed by atoms with van der Waals surface area (Å²) in [6.07, 6.45) is 0.0509. The van der Waals surface area contributed by atoms with Crippen molar-refractivity contribution in [3.8, 4) is 5.75 Å². The minimum absolute atomic E-state index is 0.0920. The van der Waals surface area contributed by atoms with Gasteiger partial charge in [0.05, 0.1) is 0 Å². The fourth-order valence-electron chi connectivity index (χ4n) is 1.63. The normalized spacial score (nSPS) is 21.6. The molecule has 2 rings (SSSR count). The second-order valence-corrected chi connectivity index (χ2v) is 3.30. The Hall–Kier alpha value is -1.55. The zero-order valence-corrected chi connectivity index (χ0v) is 7.55. The Kier molecular flexibility index (Phi) is 2.13. The van der Waals surface area contributed by atoms with Gasteiger partial charge in [-0.15, -0.1) is 0 Å². The molecule has 0 aliphatic carbocycles. The molecule has 14 heavy (non-hydrogen) atoms. The average molecular weight is 193 g/mol. The molecular formula is C10H11NO3. The van der Waals surface area contributed by atoms with Gasteiger partial charge in [0.25, 0.3) is 0 Å². The number of phenolic OH excluding ortho intramolecular Hbond substituents is 1. The van der Waals surface area contributed by atoms with Gasteiger partial charge in [0.1, 0.15) is 12.0 Å². The van der Waals surface area contributed by atoms with Crippen molar-refractivity contribution >= 4 is 11.6 Å². The highest BCUT2D eigenvalue weighted by Gasteiger charge is 2.30. The molecule has 0 bridgehead atoms. The smallest absolute Gasteiger partial charge is 0.229 e. The van der Waals surface area contributed by atoms with Crippen molar-refractivity contribution < 1.29 is 15.0 Å².